The molecular formula is C108H159N3O24. The van der Waals surface area contributed by atoms with Crippen LogP contribution in [0.1, 0.15) is 312 Å². The largest absolute Gasteiger partial charge is 0.461 e. The van der Waals surface area contributed by atoms with Crippen LogP contribution < -0.4 is 0 Å². The summed E-state index contributed by atoms with van der Waals surface area (Å²) < 4.78 is 36.8. The van der Waals surface area contributed by atoms with Crippen molar-refractivity contribution in [2.75, 3.05) is 19.6 Å². The van der Waals surface area contributed by atoms with Crippen molar-refractivity contribution in [3.05, 3.63) is 108 Å². The fraction of sp³-hybridized carbons (Fsp3) is 0.722. The number of aliphatic hydroxyl groups excluding tert-OH is 3. The predicted molar refractivity (Wildman–Crippen MR) is 506 cm³/mol. The van der Waals surface area contributed by atoms with Gasteiger partial charge in [0.1, 0.15) is 53.8 Å². The number of fused-ring (bicyclic) bond motifs is 9. The zero-order chi connectivity index (χ0) is 98.2. The molecule has 9 saturated heterocycles. The number of rotatable bonds is 12. The molecule has 12 rings (SSSR count). The Labute approximate surface area is 800 Å². The molecule has 9 aliphatic rings. The number of cyclic esters (lactones) is 3. The van der Waals surface area contributed by atoms with E-state index < -0.39 is 197 Å². The molecule has 0 spiro atoms. The van der Waals surface area contributed by atoms with Gasteiger partial charge < -0.3 is 73.8 Å². The molecule has 0 aromatic heterocycles. The van der Waals surface area contributed by atoms with Gasteiger partial charge in [-0.3, -0.25) is 43.2 Å². The number of amides is 3. The molecule has 0 radical (unpaired) electrons. The van der Waals surface area contributed by atoms with E-state index in [1.54, 1.807) is 62.3 Å². The fourth-order valence-corrected chi connectivity index (χ4v) is 22.1. The fourth-order valence-electron chi connectivity index (χ4n) is 22.1. The first kappa shape index (κ1) is 109. The molecule has 750 valence electrons. The zero-order valence-corrected chi connectivity index (χ0v) is 82.5. The van der Waals surface area contributed by atoms with E-state index in [0.717, 1.165) is 93.7 Å². The molecule has 27 atom stereocenters. The summed E-state index contributed by atoms with van der Waals surface area (Å²) in [5.41, 5.74) is 3.45. The lowest BCUT2D eigenvalue weighted by Gasteiger charge is -2.44. The lowest BCUT2D eigenvalue weighted by molar-refractivity contribution is -0.274. The summed E-state index contributed by atoms with van der Waals surface area (Å²) >= 11 is 0. The van der Waals surface area contributed by atoms with Gasteiger partial charge in [-0.1, -0.05) is 193 Å². The van der Waals surface area contributed by atoms with Crippen LogP contribution in [0.4, 0.5) is 0 Å². The average molecular weight is 1880 g/mol. The summed E-state index contributed by atoms with van der Waals surface area (Å²) in [5.74, 6) is -20.7. The number of ketones is 6. The second-order valence-electron chi connectivity index (χ2n) is 41.1. The van der Waals surface area contributed by atoms with Crippen LogP contribution in [-0.4, -0.2) is 226 Å². The summed E-state index contributed by atoms with van der Waals surface area (Å²) in [5, 5.41) is 68.6. The SMILES string of the molecule is CC[C@H](Cc1ccccc1)[C@@H]1CCCCCC(=O)[C@@H](C)[C@H](O)[C@@H](C)C2CC[C@@H](C)[C@@](O)(O2)C(=O)C(=O)N2CCCC[C@H]2C(=O)O1.CC[C@H](Cc1ccccc1)[C@@H]1CCCCCC(=O)[C@@H](C)[C@H](O)[C@@H](C)C2CC[C@@H](C)[C@@](O)(O2)C(=O)C(=O)N2CCCC[C@H]2C(=O)O1.CC[C@H](Cc1ccccc1)[C@@H]1CCCCCC(=O)[C@@H](C)[C@H](O)[C@@H](C)[C@@H]2CC[C@@H](C)C(=O)C(O)(O2)C(=O)N2CCCC[C@H]2C(=O)O1. The van der Waals surface area contributed by atoms with Crippen LogP contribution in [0.15, 0.2) is 91.0 Å². The molecule has 3 amide bonds. The number of aliphatic hydroxyl groups is 6. The number of benzene rings is 3. The van der Waals surface area contributed by atoms with Crippen LogP contribution in [0.3, 0.4) is 0 Å². The lowest BCUT2D eigenvalue weighted by Crippen LogP contribution is -2.62. The molecule has 9 fully saturated rings. The first-order valence-corrected chi connectivity index (χ1v) is 51.5. The van der Waals surface area contributed by atoms with Crippen molar-refractivity contribution < 1.29 is 117 Å². The number of esters is 3. The molecule has 27 heteroatoms. The molecule has 3 aromatic carbocycles. The summed E-state index contributed by atoms with van der Waals surface area (Å²) in [6.07, 6.45) is 14.9. The van der Waals surface area contributed by atoms with Crippen molar-refractivity contribution in [1.29, 1.82) is 0 Å². The number of carbonyl (C=O) groups excluding carboxylic acids is 12. The number of carbonyl (C=O) groups is 12. The predicted octanol–water partition coefficient (Wildman–Crippen LogP) is 14.4. The highest BCUT2D eigenvalue weighted by atomic mass is 16.7. The molecule has 135 heavy (non-hydrogen) atoms. The average Bonchev–Trinajstić information content (AvgIpc) is 1.75. The van der Waals surface area contributed by atoms with E-state index in [-0.39, 0.29) is 54.7 Å². The second kappa shape index (κ2) is 51.3. The summed E-state index contributed by atoms with van der Waals surface area (Å²) in [7, 11) is 0. The maximum Gasteiger partial charge on any atom is 0.329 e. The minimum Gasteiger partial charge on any atom is -0.461 e. The van der Waals surface area contributed by atoms with Gasteiger partial charge in [0.25, 0.3) is 29.3 Å². The lowest BCUT2D eigenvalue weighted by atomic mass is 9.79. The minimum absolute atomic E-state index is 0.0468. The molecule has 6 N–H and O–H groups in total. The minimum atomic E-state index is -2.80. The zero-order valence-electron chi connectivity index (χ0n) is 82.5. The maximum atomic E-state index is 14.2. The molecule has 3 aromatic rings. The van der Waals surface area contributed by atoms with Crippen molar-refractivity contribution in [2.24, 2.45) is 71.0 Å². The van der Waals surface area contributed by atoms with E-state index in [1.165, 1.54) is 14.7 Å². The van der Waals surface area contributed by atoms with E-state index >= 15 is 0 Å². The first-order valence-electron chi connectivity index (χ1n) is 51.5. The van der Waals surface area contributed by atoms with Crippen LogP contribution >= 0.6 is 0 Å². The Hall–Kier alpha value is -7.86. The van der Waals surface area contributed by atoms with Crippen LogP contribution in [0, 0.1) is 71.0 Å². The number of Topliss-reactive ketones (excluding diaryl/α,β-unsaturated/α-hetero) is 6. The Morgan fingerprint density at radius 1 is 0.341 bits per heavy atom. The van der Waals surface area contributed by atoms with Crippen molar-refractivity contribution in [1.82, 2.24) is 14.7 Å². The van der Waals surface area contributed by atoms with E-state index in [9.17, 15) is 88.2 Å². The topological polar surface area (TPSA) is 391 Å². The number of hydrogen-bond donors (Lipinski definition) is 6. The van der Waals surface area contributed by atoms with E-state index in [1.807, 2.05) is 54.6 Å². The smallest absolute Gasteiger partial charge is 0.329 e. The third-order valence-corrected chi connectivity index (χ3v) is 31.8. The highest BCUT2D eigenvalue weighted by Crippen LogP contribution is 2.44. The van der Waals surface area contributed by atoms with Crippen molar-refractivity contribution in [2.45, 2.75) is 405 Å². The number of hydrogen-bond acceptors (Lipinski definition) is 24. The van der Waals surface area contributed by atoms with Gasteiger partial charge in [-0.2, -0.15) is 0 Å². The number of ether oxygens (including phenoxy) is 6. The van der Waals surface area contributed by atoms with E-state index in [0.29, 0.717) is 154 Å². The van der Waals surface area contributed by atoms with Crippen molar-refractivity contribution in [3.8, 4) is 0 Å². The van der Waals surface area contributed by atoms with Crippen LogP contribution in [0.25, 0.3) is 0 Å². The molecular weight excluding hydrogens is 1720 g/mol. The standard InChI is InChI=1S/3C36H53NO8/c2*1-5-27(22-26-14-8-6-9-15-26)31-18-11-7-10-17-29(38)24(3)32(39)25(4)30-20-19-23(2)36(43,45-30)33(40)34(41)37-21-13-12-16-28(37)35(42)44-31;1-5-27(22-26-14-8-6-9-15-26)31-18-11-7-10-17-29(38)24(3)32(39)25(4)30-20-19-23(2)33(40)36(43,45-30)35(42)37-21-13-12-16-28(37)34(41)44-31/h3*6,8-9,14-15,23-25,27-28,30-32,39,43H,5,7,10-13,16-22H2,1-4H3/t2*23-,24-,25+,27-,28+,30?,31+,32+,36-;23-,24-,25+,27-,28+,30+,31+,32+,36?/m111/s1. The van der Waals surface area contributed by atoms with E-state index in [4.69, 9.17) is 28.4 Å². The number of piperidine rings is 3. The van der Waals surface area contributed by atoms with Crippen molar-refractivity contribution in [3.63, 3.8) is 0 Å². The first-order chi connectivity index (χ1) is 64.4. The Bertz CT molecular complexity index is 4200. The summed E-state index contributed by atoms with van der Waals surface area (Å²) in [6.45, 7) is 22.2. The second-order valence-corrected chi connectivity index (χ2v) is 41.1. The Balaban J connectivity index is 0.000000209. The van der Waals surface area contributed by atoms with Crippen molar-refractivity contribution >= 4 is 70.3 Å². The van der Waals surface area contributed by atoms with Crippen LogP contribution in [0.5, 0.6) is 0 Å². The maximum absolute atomic E-state index is 14.2. The molecule has 27 nitrogen and oxygen atoms in total. The monoisotopic (exact) mass is 1880 g/mol. The molecule has 6 bridgehead atoms. The van der Waals surface area contributed by atoms with E-state index in [2.05, 4.69) is 57.2 Å². The van der Waals surface area contributed by atoms with Gasteiger partial charge in [-0.05, 0) is 227 Å². The Kier molecular flexibility index (Phi) is 41.5. The van der Waals surface area contributed by atoms with Crippen LogP contribution in [0.2, 0.25) is 0 Å². The van der Waals surface area contributed by atoms with Crippen LogP contribution in [-0.2, 0) is 105 Å². The normalized spacial score (nSPS) is 35.4. The molecule has 9 heterocycles. The van der Waals surface area contributed by atoms with Gasteiger partial charge in [0.05, 0.1) is 36.6 Å². The molecule has 9 aliphatic heterocycles. The highest BCUT2D eigenvalue weighted by molar-refractivity contribution is 6.39. The third-order valence-electron chi connectivity index (χ3n) is 31.8. The van der Waals surface area contributed by atoms with Gasteiger partial charge in [0.2, 0.25) is 17.4 Å². The molecule has 0 saturated carbocycles. The van der Waals surface area contributed by atoms with Gasteiger partial charge in [-0.15, -0.1) is 0 Å². The number of nitrogens with zero attached hydrogens (tertiary/aromatic N) is 3. The van der Waals surface area contributed by atoms with Gasteiger partial charge in [0, 0.05) is 92.2 Å². The Morgan fingerprint density at radius 2 is 0.630 bits per heavy atom. The quantitative estimate of drug-likeness (QED) is 0.0424. The van der Waals surface area contributed by atoms with Gasteiger partial charge in [0.15, 0.2) is 0 Å². The highest BCUT2D eigenvalue weighted by Gasteiger charge is 2.59. The summed E-state index contributed by atoms with van der Waals surface area (Å²) in [4.78, 5) is 168. The third kappa shape index (κ3) is 27.7. The molecule has 0 aliphatic carbocycles. The summed E-state index contributed by atoms with van der Waals surface area (Å²) in [6, 6.07) is 27.4. The van der Waals surface area contributed by atoms with Gasteiger partial charge in [-0.25, -0.2) is 14.4 Å². The molecule has 3 unspecified atom stereocenters. The van der Waals surface area contributed by atoms with Gasteiger partial charge >= 0.3 is 23.7 Å². The Morgan fingerprint density at radius 3 is 0.948 bits per heavy atom.